The van der Waals surface area contributed by atoms with E-state index in [0.29, 0.717) is 42.5 Å². The van der Waals surface area contributed by atoms with Crippen LogP contribution >= 0.6 is 0 Å². The fourth-order valence-corrected chi connectivity index (χ4v) is 8.46. The van der Waals surface area contributed by atoms with Crippen molar-refractivity contribution in [1.82, 2.24) is 0 Å². The van der Waals surface area contributed by atoms with Gasteiger partial charge in [0.15, 0.2) is 34.4 Å². The zero-order chi connectivity index (χ0) is 47.5. The fourth-order valence-electron chi connectivity index (χ4n) is 5.10. The van der Waals surface area contributed by atoms with Crippen LogP contribution in [-0.4, -0.2) is 71.7 Å². The van der Waals surface area contributed by atoms with Gasteiger partial charge in [0.25, 0.3) is 0 Å². The summed E-state index contributed by atoms with van der Waals surface area (Å²) in [6.45, 7) is 3.39. The van der Waals surface area contributed by atoms with Crippen molar-refractivity contribution in [3.05, 3.63) is 131 Å². The van der Waals surface area contributed by atoms with Gasteiger partial charge in [0.1, 0.15) is 19.6 Å². The standard InChI is InChI=1S/C38H30F6N2O14S4/c1-23-8-12-27(13-9-23)61(47,48)57-31-18-16-29(21-33(31)55-3)63(51,52)59-45-35(37(39,40)41)25-6-5-7-26(20-25)36(38(42,43)44)46-60-64(53,54)30-17-19-32(34(22-30)56-4)58-62(49,50)28-14-10-24(2)11-15-28/h5-22H,1-4H3/b45-35-,46-36+. The Kier molecular flexibility index (Phi) is 14.0. The first kappa shape index (κ1) is 48.6. The number of hydrogen-bond donors (Lipinski definition) is 0. The van der Waals surface area contributed by atoms with E-state index in [4.69, 9.17) is 17.8 Å². The number of benzene rings is 5. The molecule has 0 aromatic heterocycles. The van der Waals surface area contributed by atoms with Crippen molar-refractivity contribution in [3.8, 4) is 23.0 Å². The van der Waals surface area contributed by atoms with Gasteiger partial charge in [-0.3, -0.25) is 8.57 Å². The number of oxime groups is 2. The van der Waals surface area contributed by atoms with E-state index < -0.39 is 108 Å². The Morgan fingerprint density at radius 3 is 1.08 bits per heavy atom. The van der Waals surface area contributed by atoms with Crippen LogP contribution in [0.25, 0.3) is 0 Å². The van der Waals surface area contributed by atoms with Gasteiger partial charge >= 0.3 is 52.8 Å². The molecule has 64 heavy (non-hydrogen) atoms. The SMILES string of the molecule is COc1cc(S(=O)(=O)O/N=C(/c2cccc(/C(=N\OS(=O)(=O)c3ccc(OS(=O)(=O)c4ccc(C)cc4)c(OC)c3)C(F)(F)F)c2)C(F)(F)F)ccc1OS(=O)(=O)c1ccc(C)cc1. The second kappa shape index (κ2) is 18.4. The topological polar surface area (TPSA) is 217 Å². The zero-order valence-corrected chi connectivity index (χ0v) is 36.2. The summed E-state index contributed by atoms with van der Waals surface area (Å²) < 4.78 is 218. The predicted molar refractivity (Wildman–Crippen MR) is 212 cm³/mol. The summed E-state index contributed by atoms with van der Waals surface area (Å²) in [6.07, 6.45) is -11.2. The maximum atomic E-state index is 14.3. The van der Waals surface area contributed by atoms with Gasteiger partial charge < -0.3 is 17.8 Å². The Bertz CT molecular complexity index is 2860. The molecule has 0 amide bonds. The first-order chi connectivity index (χ1) is 29.7. The molecule has 0 aliphatic carbocycles. The molecule has 5 aromatic rings. The summed E-state index contributed by atoms with van der Waals surface area (Å²) in [5.74, 6) is -2.14. The minimum absolute atomic E-state index is 0.178. The Labute approximate surface area is 361 Å². The highest BCUT2D eigenvalue weighted by molar-refractivity contribution is 7.87. The summed E-state index contributed by atoms with van der Waals surface area (Å²) in [5, 5.41) is 5.36. The second-order valence-electron chi connectivity index (χ2n) is 12.8. The number of ether oxygens (including phenoxy) is 2. The van der Waals surface area contributed by atoms with Gasteiger partial charge in [-0.2, -0.15) is 60.0 Å². The molecule has 0 radical (unpaired) electrons. The maximum absolute atomic E-state index is 14.3. The van der Waals surface area contributed by atoms with Crippen molar-refractivity contribution >= 4 is 51.9 Å². The Balaban J connectivity index is 1.42. The quantitative estimate of drug-likeness (QED) is 0.0414. The highest BCUT2D eigenvalue weighted by Crippen LogP contribution is 2.35. The molecule has 16 nitrogen and oxygen atoms in total. The third-order valence-corrected chi connectivity index (χ3v) is 13.0. The molecule has 0 saturated heterocycles. The number of nitrogens with zero attached hydrogens (tertiary/aromatic N) is 2. The van der Waals surface area contributed by atoms with Gasteiger partial charge in [-0.25, -0.2) is 0 Å². The van der Waals surface area contributed by atoms with Crippen molar-refractivity contribution in [2.45, 2.75) is 45.8 Å². The highest BCUT2D eigenvalue weighted by atomic mass is 32.2. The molecule has 0 aliphatic rings. The van der Waals surface area contributed by atoms with Crippen LogP contribution in [0.2, 0.25) is 0 Å². The average molecular weight is 981 g/mol. The molecule has 0 saturated carbocycles. The third-order valence-electron chi connectivity index (χ3n) is 8.27. The summed E-state index contributed by atoms with van der Waals surface area (Å²) in [5.41, 5.74) is -5.40. The molecule has 5 aromatic carbocycles. The van der Waals surface area contributed by atoms with Gasteiger partial charge in [0.05, 0.1) is 14.2 Å². The predicted octanol–water partition coefficient (Wildman–Crippen LogP) is 7.20. The monoisotopic (exact) mass is 980 g/mol. The fraction of sp³-hybridized carbons (Fsp3) is 0.158. The summed E-state index contributed by atoms with van der Waals surface area (Å²) >= 11 is 0. The molecule has 0 atom stereocenters. The lowest BCUT2D eigenvalue weighted by molar-refractivity contribution is -0.0603. The Hall–Kier alpha value is -6.38. The molecule has 0 fully saturated rings. The number of halogens is 6. The van der Waals surface area contributed by atoms with Crippen LogP contribution in [-0.2, 0) is 49.0 Å². The van der Waals surface area contributed by atoms with Crippen LogP contribution in [0.5, 0.6) is 23.0 Å². The van der Waals surface area contributed by atoms with E-state index in [1.54, 1.807) is 13.8 Å². The van der Waals surface area contributed by atoms with Crippen molar-refractivity contribution < 1.29 is 86.4 Å². The van der Waals surface area contributed by atoms with E-state index in [-0.39, 0.29) is 15.9 Å². The molecule has 0 unspecified atom stereocenters. The van der Waals surface area contributed by atoms with Crippen LogP contribution in [0, 0.1) is 13.8 Å². The number of rotatable bonds is 16. The normalized spacial score (nSPS) is 13.2. The summed E-state index contributed by atoms with van der Waals surface area (Å²) in [7, 11) is -17.6. The van der Waals surface area contributed by atoms with E-state index in [0.717, 1.165) is 37.5 Å². The van der Waals surface area contributed by atoms with Gasteiger partial charge in [0.2, 0.25) is 0 Å². The average Bonchev–Trinajstić information content (AvgIpc) is 3.20. The van der Waals surface area contributed by atoms with Crippen LogP contribution in [0.3, 0.4) is 0 Å². The minimum Gasteiger partial charge on any atom is -0.493 e. The van der Waals surface area contributed by atoms with Crippen LogP contribution in [0.1, 0.15) is 22.3 Å². The summed E-state index contributed by atoms with van der Waals surface area (Å²) in [4.78, 5) is -2.42. The van der Waals surface area contributed by atoms with Crippen molar-refractivity contribution in [2.75, 3.05) is 14.2 Å². The molecule has 26 heteroatoms. The maximum Gasteiger partial charge on any atom is 0.437 e. The van der Waals surface area contributed by atoms with E-state index in [2.05, 4.69) is 18.9 Å². The Morgan fingerprint density at radius 2 is 0.766 bits per heavy atom. The Morgan fingerprint density at radius 1 is 0.438 bits per heavy atom. The van der Waals surface area contributed by atoms with Gasteiger partial charge in [0, 0.05) is 23.3 Å². The molecular weight excluding hydrogens is 951 g/mol. The molecule has 5 rings (SSSR count). The van der Waals surface area contributed by atoms with Gasteiger partial charge in [-0.15, -0.1) is 0 Å². The number of methoxy groups -OCH3 is 2. The van der Waals surface area contributed by atoms with E-state index >= 15 is 0 Å². The highest BCUT2D eigenvalue weighted by Gasteiger charge is 2.42. The molecule has 0 N–H and O–H groups in total. The van der Waals surface area contributed by atoms with Crippen molar-refractivity contribution in [1.29, 1.82) is 0 Å². The lowest BCUT2D eigenvalue weighted by Crippen LogP contribution is -2.27. The van der Waals surface area contributed by atoms with E-state index in [1.807, 2.05) is 0 Å². The van der Waals surface area contributed by atoms with Crippen LogP contribution in [0.15, 0.2) is 139 Å². The van der Waals surface area contributed by atoms with Gasteiger partial charge in [-0.05, 0) is 68.4 Å². The molecule has 0 heterocycles. The minimum atomic E-state index is -5.61. The van der Waals surface area contributed by atoms with Crippen molar-refractivity contribution in [3.63, 3.8) is 0 Å². The van der Waals surface area contributed by atoms with E-state index in [1.165, 1.54) is 48.5 Å². The molecule has 0 spiro atoms. The lowest BCUT2D eigenvalue weighted by Gasteiger charge is -2.14. The first-order valence-electron chi connectivity index (χ1n) is 17.3. The lowest BCUT2D eigenvalue weighted by atomic mass is 10.0. The van der Waals surface area contributed by atoms with Crippen LogP contribution in [0.4, 0.5) is 26.3 Å². The van der Waals surface area contributed by atoms with Crippen LogP contribution < -0.4 is 17.8 Å². The van der Waals surface area contributed by atoms with E-state index in [9.17, 15) is 60.0 Å². The second-order valence-corrected chi connectivity index (χ2v) is 19.0. The first-order valence-corrected chi connectivity index (χ1v) is 23.0. The zero-order valence-electron chi connectivity index (χ0n) is 32.9. The molecule has 0 bridgehead atoms. The number of alkyl halides is 6. The molecule has 0 aliphatic heterocycles. The number of hydrogen-bond acceptors (Lipinski definition) is 16. The number of aryl methyl sites for hydroxylation is 2. The smallest absolute Gasteiger partial charge is 0.437 e. The molecule has 342 valence electrons. The third kappa shape index (κ3) is 11.6. The largest absolute Gasteiger partial charge is 0.493 e. The van der Waals surface area contributed by atoms with Crippen molar-refractivity contribution in [2.24, 2.45) is 10.3 Å². The summed E-state index contributed by atoms with van der Waals surface area (Å²) in [6, 6.07) is 17.0. The molecular formula is C38H30F6N2O14S4. The van der Waals surface area contributed by atoms with Gasteiger partial charge in [-0.1, -0.05) is 63.9 Å².